The second kappa shape index (κ2) is 5.26. The summed E-state index contributed by atoms with van der Waals surface area (Å²) in [7, 11) is 1.80. The Balaban J connectivity index is 1.98. The smallest absolute Gasteiger partial charge is 0.231 e. The van der Waals surface area contributed by atoms with Crippen LogP contribution in [0.1, 0.15) is 27.1 Å². The van der Waals surface area contributed by atoms with Crippen LogP contribution >= 0.6 is 15.9 Å². The zero-order valence-electron chi connectivity index (χ0n) is 11.9. The molecule has 1 heterocycles. The summed E-state index contributed by atoms with van der Waals surface area (Å²) in [5, 5.41) is 0. The van der Waals surface area contributed by atoms with Gasteiger partial charge in [-0.1, -0.05) is 34.1 Å². The van der Waals surface area contributed by atoms with Gasteiger partial charge in [0.2, 0.25) is 5.91 Å². The first-order valence-corrected chi connectivity index (χ1v) is 7.68. The number of likely N-dealkylation sites (N-methyl/N-ethyl adjacent to an activating group) is 1. The van der Waals surface area contributed by atoms with Crippen molar-refractivity contribution in [2.45, 2.75) is 18.2 Å². The molecule has 1 atom stereocenters. The molecule has 0 fully saturated rings. The first kappa shape index (κ1) is 14.3. The van der Waals surface area contributed by atoms with Gasteiger partial charge in [-0.15, -0.1) is 0 Å². The highest BCUT2D eigenvalue weighted by Crippen LogP contribution is 2.37. The van der Waals surface area contributed by atoms with Crippen LogP contribution in [0.4, 0.5) is 10.1 Å². The van der Waals surface area contributed by atoms with Crippen molar-refractivity contribution in [2.24, 2.45) is 0 Å². The standard InChI is InChI=1S/C17H15BrFNO/c1-10-7-13(19)4-5-14(10)17(18)11-3-6-15-12(8-11)9-16(21)20(15)2/h3-8,17H,9H2,1-2H3. The molecule has 2 nitrogen and oxygen atoms in total. The average Bonchev–Trinajstić information content (AvgIpc) is 2.73. The van der Waals surface area contributed by atoms with E-state index in [1.165, 1.54) is 12.1 Å². The summed E-state index contributed by atoms with van der Waals surface area (Å²) in [5.41, 5.74) is 5.04. The summed E-state index contributed by atoms with van der Waals surface area (Å²) in [6, 6.07) is 10.8. The number of amides is 1. The zero-order valence-corrected chi connectivity index (χ0v) is 13.4. The van der Waals surface area contributed by atoms with E-state index in [0.29, 0.717) is 6.42 Å². The van der Waals surface area contributed by atoms with Crippen molar-refractivity contribution in [3.63, 3.8) is 0 Å². The molecular weight excluding hydrogens is 333 g/mol. The first-order chi connectivity index (χ1) is 9.97. The van der Waals surface area contributed by atoms with Gasteiger partial charge in [0, 0.05) is 12.7 Å². The van der Waals surface area contributed by atoms with Gasteiger partial charge in [0.25, 0.3) is 0 Å². The fourth-order valence-corrected chi connectivity index (χ4v) is 3.55. The molecule has 0 N–H and O–H groups in total. The van der Waals surface area contributed by atoms with E-state index < -0.39 is 0 Å². The van der Waals surface area contributed by atoms with E-state index >= 15 is 0 Å². The summed E-state index contributed by atoms with van der Waals surface area (Å²) >= 11 is 3.69. The lowest BCUT2D eigenvalue weighted by atomic mass is 9.98. The second-order valence-corrected chi connectivity index (χ2v) is 6.30. The van der Waals surface area contributed by atoms with E-state index in [1.54, 1.807) is 18.0 Å². The van der Waals surface area contributed by atoms with Crippen LogP contribution in [0.5, 0.6) is 0 Å². The molecule has 0 radical (unpaired) electrons. The van der Waals surface area contributed by atoms with Gasteiger partial charge in [0.15, 0.2) is 0 Å². The molecule has 108 valence electrons. The number of halogens is 2. The van der Waals surface area contributed by atoms with E-state index in [-0.39, 0.29) is 16.6 Å². The maximum absolute atomic E-state index is 13.2. The van der Waals surface area contributed by atoms with Crippen molar-refractivity contribution in [2.75, 3.05) is 11.9 Å². The number of carbonyl (C=O) groups excluding carboxylic acids is 1. The number of benzene rings is 2. The number of anilines is 1. The third kappa shape index (κ3) is 2.48. The third-order valence-electron chi connectivity index (χ3n) is 3.98. The van der Waals surface area contributed by atoms with Gasteiger partial charge in [-0.25, -0.2) is 4.39 Å². The van der Waals surface area contributed by atoms with Crippen molar-refractivity contribution in [3.8, 4) is 0 Å². The molecule has 0 aromatic heterocycles. The number of hydrogen-bond donors (Lipinski definition) is 0. The Labute approximate surface area is 131 Å². The fraction of sp³-hybridized carbons (Fsp3) is 0.235. The van der Waals surface area contributed by atoms with Gasteiger partial charge >= 0.3 is 0 Å². The first-order valence-electron chi connectivity index (χ1n) is 6.77. The van der Waals surface area contributed by atoms with Crippen LogP contribution < -0.4 is 4.90 Å². The van der Waals surface area contributed by atoms with E-state index in [0.717, 1.165) is 27.9 Å². The van der Waals surface area contributed by atoms with Gasteiger partial charge in [0.05, 0.1) is 11.2 Å². The van der Waals surface area contributed by atoms with Crippen LogP contribution in [0.15, 0.2) is 36.4 Å². The largest absolute Gasteiger partial charge is 0.315 e. The molecule has 2 aromatic rings. The normalized spacial score (nSPS) is 15.2. The van der Waals surface area contributed by atoms with Crippen LogP contribution in [0.3, 0.4) is 0 Å². The minimum Gasteiger partial charge on any atom is -0.315 e. The van der Waals surface area contributed by atoms with Crippen molar-refractivity contribution < 1.29 is 9.18 Å². The molecule has 1 unspecified atom stereocenters. The van der Waals surface area contributed by atoms with E-state index in [2.05, 4.69) is 22.0 Å². The number of carbonyl (C=O) groups is 1. The highest BCUT2D eigenvalue weighted by molar-refractivity contribution is 9.09. The molecule has 4 heteroatoms. The minimum absolute atomic E-state index is 0.00981. The van der Waals surface area contributed by atoms with Gasteiger partial charge in [0.1, 0.15) is 5.82 Å². The highest BCUT2D eigenvalue weighted by atomic mass is 79.9. The molecule has 0 spiro atoms. The molecule has 0 aliphatic carbocycles. The van der Waals surface area contributed by atoms with Crippen LogP contribution in [0.2, 0.25) is 0 Å². The average molecular weight is 348 g/mol. The Morgan fingerprint density at radius 3 is 2.71 bits per heavy atom. The van der Waals surface area contributed by atoms with Crippen LogP contribution in [-0.2, 0) is 11.2 Å². The molecule has 3 rings (SSSR count). The van der Waals surface area contributed by atoms with Crippen LogP contribution in [0, 0.1) is 12.7 Å². The highest BCUT2D eigenvalue weighted by Gasteiger charge is 2.25. The number of rotatable bonds is 2. The van der Waals surface area contributed by atoms with E-state index in [9.17, 15) is 9.18 Å². The Morgan fingerprint density at radius 2 is 2.00 bits per heavy atom. The molecule has 0 saturated heterocycles. The number of aryl methyl sites for hydroxylation is 1. The summed E-state index contributed by atoms with van der Waals surface area (Å²) in [6.45, 7) is 1.90. The summed E-state index contributed by atoms with van der Waals surface area (Å²) in [6.07, 6.45) is 0.446. The Hall–Kier alpha value is -1.68. The topological polar surface area (TPSA) is 20.3 Å². The van der Waals surface area contributed by atoms with E-state index in [4.69, 9.17) is 0 Å². The number of fused-ring (bicyclic) bond motifs is 1. The van der Waals surface area contributed by atoms with Crippen LogP contribution in [0.25, 0.3) is 0 Å². The second-order valence-electron chi connectivity index (χ2n) is 5.38. The van der Waals surface area contributed by atoms with Gasteiger partial charge in [-0.05, 0) is 47.4 Å². The number of nitrogens with zero attached hydrogens (tertiary/aromatic N) is 1. The van der Waals surface area contributed by atoms with Crippen LogP contribution in [-0.4, -0.2) is 13.0 Å². The molecule has 0 saturated carbocycles. The lowest BCUT2D eigenvalue weighted by Gasteiger charge is -2.16. The molecule has 0 bridgehead atoms. The Kier molecular flexibility index (Phi) is 3.57. The van der Waals surface area contributed by atoms with Gasteiger partial charge < -0.3 is 4.90 Å². The maximum Gasteiger partial charge on any atom is 0.231 e. The molecule has 1 aliphatic rings. The van der Waals surface area contributed by atoms with Crippen molar-refractivity contribution in [1.29, 1.82) is 0 Å². The lowest BCUT2D eigenvalue weighted by molar-refractivity contribution is -0.117. The van der Waals surface area contributed by atoms with E-state index in [1.807, 2.05) is 19.1 Å². The molecule has 2 aromatic carbocycles. The monoisotopic (exact) mass is 347 g/mol. The summed E-state index contributed by atoms with van der Waals surface area (Å²) < 4.78 is 13.2. The maximum atomic E-state index is 13.2. The quantitative estimate of drug-likeness (QED) is 0.747. The SMILES string of the molecule is Cc1cc(F)ccc1C(Br)c1ccc2c(c1)CC(=O)N2C. The van der Waals surface area contributed by atoms with Crippen molar-refractivity contribution >= 4 is 27.5 Å². The zero-order chi connectivity index (χ0) is 15.1. The van der Waals surface area contributed by atoms with Gasteiger partial charge in [-0.2, -0.15) is 0 Å². The fourth-order valence-electron chi connectivity index (χ4n) is 2.75. The molecule has 21 heavy (non-hydrogen) atoms. The summed E-state index contributed by atoms with van der Waals surface area (Å²) in [5.74, 6) is -0.108. The third-order valence-corrected chi connectivity index (χ3v) is 5.00. The number of hydrogen-bond acceptors (Lipinski definition) is 1. The van der Waals surface area contributed by atoms with Crippen molar-refractivity contribution in [3.05, 3.63) is 64.5 Å². The predicted octanol–water partition coefficient (Wildman–Crippen LogP) is 4.14. The molecule has 1 amide bonds. The number of alkyl halides is 1. The van der Waals surface area contributed by atoms with Crippen molar-refractivity contribution in [1.82, 2.24) is 0 Å². The molecule has 1 aliphatic heterocycles. The minimum atomic E-state index is -0.225. The van der Waals surface area contributed by atoms with Gasteiger partial charge in [-0.3, -0.25) is 4.79 Å². The lowest BCUT2D eigenvalue weighted by Crippen LogP contribution is -2.20. The Morgan fingerprint density at radius 1 is 1.24 bits per heavy atom. The summed E-state index contributed by atoms with van der Waals surface area (Å²) in [4.78, 5) is 13.4. The Bertz CT molecular complexity index is 729. The molecular formula is C17H15BrFNO. The predicted molar refractivity (Wildman–Crippen MR) is 85.5 cm³/mol.